The molecule has 1 aromatic carbocycles. The average molecular weight is 285 g/mol. The van der Waals surface area contributed by atoms with Gasteiger partial charge in [0.1, 0.15) is 5.82 Å². The minimum Gasteiger partial charge on any atom is -0.380 e. The Bertz CT molecular complexity index is 606. The van der Waals surface area contributed by atoms with Crippen LogP contribution in [0.3, 0.4) is 0 Å². The van der Waals surface area contributed by atoms with E-state index in [1.54, 1.807) is 12.1 Å². The zero-order chi connectivity index (χ0) is 14.7. The summed E-state index contributed by atoms with van der Waals surface area (Å²) in [5.41, 5.74) is 2.88. The van der Waals surface area contributed by atoms with Crippen LogP contribution in [-0.4, -0.2) is 24.1 Å². The van der Waals surface area contributed by atoms with Crippen LogP contribution in [0.4, 0.5) is 15.8 Å². The van der Waals surface area contributed by atoms with Crippen molar-refractivity contribution >= 4 is 11.4 Å². The first-order valence-electron chi connectivity index (χ1n) is 7.41. The Morgan fingerprint density at radius 2 is 1.95 bits per heavy atom. The van der Waals surface area contributed by atoms with E-state index < -0.39 is 0 Å². The lowest BCUT2D eigenvalue weighted by Crippen LogP contribution is -2.39. The van der Waals surface area contributed by atoms with Gasteiger partial charge in [-0.15, -0.1) is 0 Å². The third kappa shape index (κ3) is 3.32. The summed E-state index contributed by atoms with van der Waals surface area (Å²) in [6.07, 6.45) is 3.87. The molecule has 3 rings (SSSR count). The number of hydrogen-bond donors (Lipinski definition) is 1. The molecule has 0 amide bonds. The number of rotatable bonds is 3. The number of anilines is 2. The SMILES string of the molecule is Cc1cc(N2CCC(Nc3ccccc3F)CC2)ccn1. The molecule has 1 saturated heterocycles. The van der Waals surface area contributed by atoms with Crippen molar-refractivity contribution in [2.75, 3.05) is 23.3 Å². The van der Waals surface area contributed by atoms with Gasteiger partial charge in [0.15, 0.2) is 0 Å². The highest BCUT2D eigenvalue weighted by molar-refractivity contribution is 5.48. The maximum absolute atomic E-state index is 13.7. The van der Waals surface area contributed by atoms with Crippen molar-refractivity contribution in [1.82, 2.24) is 4.98 Å². The van der Waals surface area contributed by atoms with Crippen LogP contribution in [0.1, 0.15) is 18.5 Å². The maximum Gasteiger partial charge on any atom is 0.146 e. The molecule has 2 aromatic rings. The number of pyridine rings is 1. The summed E-state index contributed by atoms with van der Waals surface area (Å²) in [5, 5.41) is 3.32. The smallest absolute Gasteiger partial charge is 0.146 e. The van der Waals surface area contributed by atoms with Gasteiger partial charge in [-0.05, 0) is 44.0 Å². The van der Waals surface area contributed by atoms with E-state index in [0.29, 0.717) is 11.7 Å². The second-order valence-electron chi connectivity index (χ2n) is 5.54. The van der Waals surface area contributed by atoms with Crippen LogP contribution in [0.25, 0.3) is 0 Å². The van der Waals surface area contributed by atoms with Gasteiger partial charge < -0.3 is 10.2 Å². The van der Waals surface area contributed by atoms with E-state index in [-0.39, 0.29) is 5.82 Å². The number of hydrogen-bond acceptors (Lipinski definition) is 3. The second-order valence-corrected chi connectivity index (χ2v) is 5.54. The lowest BCUT2D eigenvalue weighted by molar-refractivity contribution is 0.522. The van der Waals surface area contributed by atoms with Gasteiger partial charge >= 0.3 is 0 Å². The molecule has 0 aliphatic carbocycles. The first kappa shape index (κ1) is 13.9. The van der Waals surface area contributed by atoms with Crippen molar-refractivity contribution < 1.29 is 4.39 Å². The van der Waals surface area contributed by atoms with Crippen LogP contribution in [0.15, 0.2) is 42.6 Å². The van der Waals surface area contributed by atoms with Crippen molar-refractivity contribution in [1.29, 1.82) is 0 Å². The first-order valence-corrected chi connectivity index (χ1v) is 7.41. The summed E-state index contributed by atoms with van der Waals surface area (Å²) in [6, 6.07) is 11.4. The molecule has 1 N–H and O–H groups in total. The topological polar surface area (TPSA) is 28.2 Å². The average Bonchev–Trinajstić information content (AvgIpc) is 2.50. The third-order valence-electron chi connectivity index (χ3n) is 3.97. The van der Waals surface area contributed by atoms with Crippen LogP contribution >= 0.6 is 0 Å². The van der Waals surface area contributed by atoms with Crippen LogP contribution in [0, 0.1) is 12.7 Å². The van der Waals surface area contributed by atoms with Crippen LogP contribution in [-0.2, 0) is 0 Å². The number of piperidine rings is 1. The van der Waals surface area contributed by atoms with Gasteiger partial charge in [-0.2, -0.15) is 0 Å². The molecule has 1 fully saturated rings. The van der Waals surface area contributed by atoms with Crippen LogP contribution in [0.5, 0.6) is 0 Å². The molecule has 0 unspecified atom stereocenters. The molecule has 3 nitrogen and oxygen atoms in total. The van der Waals surface area contributed by atoms with Gasteiger partial charge in [0.2, 0.25) is 0 Å². The highest BCUT2D eigenvalue weighted by Crippen LogP contribution is 2.23. The van der Waals surface area contributed by atoms with Crippen molar-refractivity contribution in [3.8, 4) is 0 Å². The second kappa shape index (κ2) is 6.12. The quantitative estimate of drug-likeness (QED) is 0.933. The Morgan fingerprint density at radius 1 is 1.19 bits per heavy atom. The summed E-state index contributed by atoms with van der Waals surface area (Å²) in [5.74, 6) is -0.176. The van der Waals surface area contributed by atoms with Crippen molar-refractivity contribution in [2.45, 2.75) is 25.8 Å². The number of aryl methyl sites for hydroxylation is 1. The molecule has 0 spiro atoms. The van der Waals surface area contributed by atoms with E-state index in [0.717, 1.165) is 31.6 Å². The first-order chi connectivity index (χ1) is 10.2. The number of aromatic nitrogens is 1. The highest BCUT2D eigenvalue weighted by Gasteiger charge is 2.20. The van der Waals surface area contributed by atoms with Gasteiger partial charge in [0, 0.05) is 36.7 Å². The maximum atomic E-state index is 13.7. The fourth-order valence-electron chi connectivity index (χ4n) is 2.81. The Balaban J connectivity index is 1.59. The molecule has 0 bridgehead atoms. The molecule has 0 atom stereocenters. The summed E-state index contributed by atoms with van der Waals surface area (Å²) in [4.78, 5) is 6.60. The summed E-state index contributed by atoms with van der Waals surface area (Å²) >= 11 is 0. The Labute approximate surface area is 124 Å². The summed E-state index contributed by atoms with van der Waals surface area (Å²) in [7, 11) is 0. The zero-order valence-electron chi connectivity index (χ0n) is 12.2. The van der Waals surface area contributed by atoms with Gasteiger partial charge in [-0.3, -0.25) is 4.98 Å². The fraction of sp³-hybridized carbons (Fsp3) is 0.353. The molecule has 1 aliphatic rings. The van der Waals surface area contributed by atoms with Gasteiger partial charge in [-0.25, -0.2) is 4.39 Å². The molecule has 2 heterocycles. The standard InChI is InChI=1S/C17H20FN3/c1-13-12-15(6-9-19-13)21-10-7-14(8-11-21)20-17-5-3-2-4-16(17)18/h2-6,9,12,14,20H,7-8,10-11H2,1H3. The lowest BCUT2D eigenvalue weighted by atomic mass is 10.0. The number of benzene rings is 1. The highest BCUT2D eigenvalue weighted by atomic mass is 19.1. The Morgan fingerprint density at radius 3 is 2.67 bits per heavy atom. The molecule has 21 heavy (non-hydrogen) atoms. The van der Waals surface area contributed by atoms with E-state index in [4.69, 9.17) is 0 Å². The summed E-state index contributed by atoms with van der Waals surface area (Å²) < 4.78 is 13.7. The van der Waals surface area contributed by atoms with E-state index in [2.05, 4.69) is 27.3 Å². The molecule has 4 heteroatoms. The number of halogens is 1. The predicted octanol–water partition coefficient (Wildman–Crippen LogP) is 3.61. The number of para-hydroxylation sites is 1. The molecule has 1 aliphatic heterocycles. The predicted molar refractivity (Wildman–Crippen MR) is 84.2 cm³/mol. The number of nitrogens with zero attached hydrogens (tertiary/aromatic N) is 2. The van der Waals surface area contributed by atoms with Crippen LogP contribution < -0.4 is 10.2 Å². The largest absolute Gasteiger partial charge is 0.380 e. The molecule has 0 saturated carbocycles. The fourth-order valence-corrected chi connectivity index (χ4v) is 2.81. The van der Waals surface area contributed by atoms with Crippen molar-refractivity contribution in [3.05, 3.63) is 54.1 Å². The normalized spacial score (nSPS) is 16.0. The van der Waals surface area contributed by atoms with Gasteiger partial charge in [-0.1, -0.05) is 12.1 Å². The van der Waals surface area contributed by atoms with Crippen LogP contribution in [0.2, 0.25) is 0 Å². The molecule has 0 radical (unpaired) electrons. The van der Waals surface area contributed by atoms with Gasteiger partial charge in [0.25, 0.3) is 0 Å². The number of nitrogens with one attached hydrogen (secondary N) is 1. The molecule has 110 valence electrons. The lowest BCUT2D eigenvalue weighted by Gasteiger charge is -2.34. The molecular weight excluding hydrogens is 265 g/mol. The Kier molecular flexibility index (Phi) is 4.04. The van der Waals surface area contributed by atoms with E-state index >= 15 is 0 Å². The van der Waals surface area contributed by atoms with Gasteiger partial charge in [0.05, 0.1) is 5.69 Å². The van der Waals surface area contributed by atoms with E-state index in [1.807, 2.05) is 19.2 Å². The molecule has 1 aromatic heterocycles. The third-order valence-corrected chi connectivity index (χ3v) is 3.97. The Hall–Kier alpha value is -2.10. The zero-order valence-corrected chi connectivity index (χ0v) is 12.2. The van der Waals surface area contributed by atoms with E-state index in [1.165, 1.54) is 11.8 Å². The van der Waals surface area contributed by atoms with Crippen molar-refractivity contribution in [3.63, 3.8) is 0 Å². The summed E-state index contributed by atoms with van der Waals surface area (Å²) in [6.45, 7) is 3.97. The molecular formula is C17H20FN3. The monoisotopic (exact) mass is 285 g/mol. The van der Waals surface area contributed by atoms with E-state index in [9.17, 15) is 4.39 Å². The minimum atomic E-state index is -0.176. The van der Waals surface area contributed by atoms with Crippen molar-refractivity contribution in [2.24, 2.45) is 0 Å². The minimum absolute atomic E-state index is 0.176.